The molecule has 0 heterocycles. The van der Waals surface area contributed by atoms with E-state index in [0.717, 1.165) is 30.6 Å². The van der Waals surface area contributed by atoms with Crippen molar-refractivity contribution in [2.45, 2.75) is 51.7 Å². The summed E-state index contributed by atoms with van der Waals surface area (Å²) >= 11 is 0. The van der Waals surface area contributed by atoms with E-state index in [2.05, 4.69) is 5.32 Å². The number of carboxylic acids is 1. The van der Waals surface area contributed by atoms with Gasteiger partial charge in [0.05, 0.1) is 13.2 Å². The summed E-state index contributed by atoms with van der Waals surface area (Å²) < 4.78 is 5.58. The summed E-state index contributed by atoms with van der Waals surface area (Å²) in [6.45, 7) is 4.86. The SMILES string of the molecule is CCCOc1cccc(CNC(=O)CN(C2CC2)C(C)C(=O)O)c1. The highest BCUT2D eigenvalue weighted by Gasteiger charge is 2.36. The lowest BCUT2D eigenvalue weighted by Gasteiger charge is -2.25. The average Bonchev–Trinajstić information content (AvgIpc) is 3.40. The van der Waals surface area contributed by atoms with Crippen molar-refractivity contribution in [2.75, 3.05) is 13.2 Å². The first-order chi connectivity index (χ1) is 11.5. The van der Waals surface area contributed by atoms with Crippen LogP contribution < -0.4 is 10.1 Å². The summed E-state index contributed by atoms with van der Waals surface area (Å²) in [5.74, 6) is -0.256. The summed E-state index contributed by atoms with van der Waals surface area (Å²) in [6, 6.07) is 7.20. The molecule has 1 unspecified atom stereocenters. The second-order valence-corrected chi connectivity index (χ2v) is 6.19. The van der Waals surface area contributed by atoms with Crippen LogP contribution in [0, 0.1) is 0 Å². The summed E-state index contributed by atoms with van der Waals surface area (Å²) in [7, 11) is 0. The molecule has 6 heteroatoms. The van der Waals surface area contributed by atoms with Gasteiger partial charge in [0, 0.05) is 12.6 Å². The number of nitrogens with zero attached hydrogens (tertiary/aromatic N) is 1. The van der Waals surface area contributed by atoms with Gasteiger partial charge < -0.3 is 15.2 Å². The third-order valence-electron chi connectivity index (χ3n) is 4.06. The topological polar surface area (TPSA) is 78.9 Å². The van der Waals surface area contributed by atoms with Crippen LogP contribution in [0.3, 0.4) is 0 Å². The molecule has 1 aromatic carbocycles. The van der Waals surface area contributed by atoms with Crippen molar-refractivity contribution in [3.05, 3.63) is 29.8 Å². The third kappa shape index (κ3) is 5.53. The summed E-state index contributed by atoms with van der Waals surface area (Å²) in [5, 5.41) is 12.0. The standard InChI is InChI=1S/C18H26N2O4/c1-3-9-24-16-6-4-5-14(10-16)11-19-17(21)12-20(15-7-8-15)13(2)18(22)23/h4-6,10,13,15H,3,7-9,11-12H2,1-2H3,(H,19,21)(H,22,23). The minimum Gasteiger partial charge on any atom is -0.494 e. The summed E-state index contributed by atoms with van der Waals surface area (Å²) in [5.41, 5.74) is 0.959. The Morgan fingerprint density at radius 3 is 2.79 bits per heavy atom. The van der Waals surface area contributed by atoms with Gasteiger partial charge in [-0.2, -0.15) is 0 Å². The Labute approximate surface area is 142 Å². The van der Waals surface area contributed by atoms with Crippen LogP contribution in [0.5, 0.6) is 5.75 Å². The van der Waals surface area contributed by atoms with Gasteiger partial charge in [0.15, 0.2) is 0 Å². The van der Waals surface area contributed by atoms with E-state index in [4.69, 9.17) is 9.84 Å². The molecule has 1 atom stereocenters. The van der Waals surface area contributed by atoms with E-state index in [9.17, 15) is 9.59 Å². The summed E-state index contributed by atoms with van der Waals surface area (Å²) in [4.78, 5) is 25.1. The zero-order chi connectivity index (χ0) is 17.5. The number of benzene rings is 1. The predicted octanol–water partition coefficient (Wildman–Crippen LogP) is 2.03. The molecule has 1 saturated carbocycles. The first kappa shape index (κ1) is 18.3. The van der Waals surface area contributed by atoms with Gasteiger partial charge in [0.2, 0.25) is 5.91 Å². The minimum absolute atomic E-state index is 0.115. The molecule has 1 aliphatic carbocycles. The van der Waals surface area contributed by atoms with Gasteiger partial charge >= 0.3 is 5.97 Å². The first-order valence-corrected chi connectivity index (χ1v) is 8.48. The first-order valence-electron chi connectivity index (χ1n) is 8.48. The van der Waals surface area contributed by atoms with Crippen LogP contribution in [0.1, 0.15) is 38.7 Å². The quantitative estimate of drug-likeness (QED) is 0.684. The Morgan fingerprint density at radius 2 is 2.17 bits per heavy atom. The third-order valence-corrected chi connectivity index (χ3v) is 4.06. The molecule has 0 bridgehead atoms. The molecule has 24 heavy (non-hydrogen) atoms. The predicted molar refractivity (Wildman–Crippen MR) is 90.9 cm³/mol. The molecule has 132 valence electrons. The van der Waals surface area contributed by atoms with E-state index in [1.165, 1.54) is 0 Å². The second kappa shape index (κ2) is 8.68. The number of nitrogens with one attached hydrogen (secondary N) is 1. The fourth-order valence-corrected chi connectivity index (χ4v) is 2.52. The Hall–Kier alpha value is -2.08. The molecular weight excluding hydrogens is 308 g/mol. The lowest BCUT2D eigenvalue weighted by molar-refractivity contribution is -0.143. The monoisotopic (exact) mass is 334 g/mol. The Kier molecular flexibility index (Phi) is 6.61. The number of aliphatic carboxylic acids is 1. The van der Waals surface area contributed by atoms with Crippen LogP contribution in [-0.4, -0.2) is 47.1 Å². The van der Waals surface area contributed by atoms with E-state index >= 15 is 0 Å². The van der Waals surface area contributed by atoms with E-state index in [1.54, 1.807) is 11.8 Å². The molecule has 1 fully saturated rings. The van der Waals surface area contributed by atoms with Crippen LogP contribution in [-0.2, 0) is 16.1 Å². The van der Waals surface area contributed by atoms with Crippen molar-refractivity contribution >= 4 is 11.9 Å². The molecule has 2 rings (SSSR count). The molecule has 6 nitrogen and oxygen atoms in total. The number of carbonyl (C=O) groups is 2. The van der Waals surface area contributed by atoms with Crippen LogP contribution in [0.15, 0.2) is 24.3 Å². The zero-order valence-electron chi connectivity index (χ0n) is 14.3. The Morgan fingerprint density at radius 1 is 1.42 bits per heavy atom. The number of hydrogen-bond donors (Lipinski definition) is 2. The normalized spacial score (nSPS) is 15.1. The van der Waals surface area contributed by atoms with Gasteiger partial charge in [-0.05, 0) is 43.9 Å². The molecule has 1 aromatic rings. The van der Waals surface area contributed by atoms with Crippen LogP contribution in [0.25, 0.3) is 0 Å². The minimum atomic E-state index is -0.893. The molecule has 0 radical (unpaired) electrons. The molecule has 1 aliphatic rings. The smallest absolute Gasteiger partial charge is 0.320 e. The van der Waals surface area contributed by atoms with Crippen molar-refractivity contribution in [3.63, 3.8) is 0 Å². The zero-order valence-corrected chi connectivity index (χ0v) is 14.3. The van der Waals surface area contributed by atoms with Crippen molar-refractivity contribution < 1.29 is 19.4 Å². The molecule has 0 aromatic heterocycles. The van der Waals surface area contributed by atoms with Gasteiger partial charge in [-0.25, -0.2) is 0 Å². The van der Waals surface area contributed by atoms with Gasteiger partial charge in [-0.1, -0.05) is 19.1 Å². The number of ether oxygens (including phenoxy) is 1. The van der Waals surface area contributed by atoms with E-state index < -0.39 is 12.0 Å². The molecule has 1 amide bonds. The number of carboxylic acid groups (broad SMARTS) is 1. The average molecular weight is 334 g/mol. The Balaban J connectivity index is 1.84. The highest BCUT2D eigenvalue weighted by atomic mass is 16.5. The molecule has 0 spiro atoms. The van der Waals surface area contributed by atoms with Crippen LogP contribution >= 0.6 is 0 Å². The van der Waals surface area contributed by atoms with Gasteiger partial charge in [0.1, 0.15) is 11.8 Å². The largest absolute Gasteiger partial charge is 0.494 e. The fraction of sp³-hybridized carbons (Fsp3) is 0.556. The van der Waals surface area contributed by atoms with Crippen molar-refractivity contribution in [3.8, 4) is 5.75 Å². The van der Waals surface area contributed by atoms with E-state index in [-0.39, 0.29) is 18.5 Å². The summed E-state index contributed by atoms with van der Waals surface area (Å²) in [6.07, 6.45) is 2.86. The van der Waals surface area contributed by atoms with Gasteiger partial charge in [-0.15, -0.1) is 0 Å². The number of hydrogen-bond acceptors (Lipinski definition) is 4. The maximum Gasteiger partial charge on any atom is 0.320 e. The molecular formula is C18H26N2O4. The number of rotatable bonds is 10. The maximum absolute atomic E-state index is 12.2. The lowest BCUT2D eigenvalue weighted by atomic mass is 10.2. The highest BCUT2D eigenvalue weighted by Crippen LogP contribution is 2.28. The number of amides is 1. The van der Waals surface area contributed by atoms with E-state index in [0.29, 0.717) is 13.2 Å². The van der Waals surface area contributed by atoms with Crippen molar-refractivity contribution in [1.82, 2.24) is 10.2 Å². The fourth-order valence-electron chi connectivity index (χ4n) is 2.52. The van der Waals surface area contributed by atoms with Crippen LogP contribution in [0.4, 0.5) is 0 Å². The van der Waals surface area contributed by atoms with Gasteiger partial charge in [0.25, 0.3) is 0 Å². The van der Waals surface area contributed by atoms with E-state index in [1.807, 2.05) is 31.2 Å². The van der Waals surface area contributed by atoms with Gasteiger partial charge in [-0.3, -0.25) is 14.5 Å². The second-order valence-electron chi connectivity index (χ2n) is 6.19. The molecule has 0 aliphatic heterocycles. The molecule has 2 N–H and O–H groups in total. The number of carbonyl (C=O) groups excluding carboxylic acids is 1. The van der Waals surface area contributed by atoms with Crippen molar-refractivity contribution in [1.29, 1.82) is 0 Å². The lowest BCUT2D eigenvalue weighted by Crippen LogP contribution is -2.46. The molecule has 0 saturated heterocycles. The maximum atomic E-state index is 12.2. The highest BCUT2D eigenvalue weighted by molar-refractivity contribution is 5.80. The Bertz CT molecular complexity index is 572. The van der Waals surface area contributed by atoms with Crippen LogP contribution in [0.2, 0.25) is 0 Å². The van der Waals surface area contributed by atoms with Crippen molar-refractivity contribution in [2.24, 2.45) is 0 Å².